The van der Waals surface area contributed by atoms with E-state index in [0.717, 1.165) is 60.4 Å². The molecule has 0 aliphatic carbocycles. The molecule has 3 nitrogen and oxygen atoms in total. The van der Waals surface area contributed by atoms with E-state index in [2.05, 4.69) is 63.7 Å². The Labute approximate surface area is 347 Å². The minimum Gasteiger partial charge on any atom is -0.309 e. The van der Waals surface area contributed by atoms with Crippen molar-refractivity contribution >= 4 is 65.4 Å². The summed E-state index contributed by atoms with van der Waals surface area (Å²) in [6.07, 6.45) is 0. The van der Waals surface area contributed by atoms with Crippen LogP contribution in [0.25, 0.3) is 105 Å². The van der Waals surface area contributed by atoms with Crippen LogP contribution in [0.1, 0.15) is 17.8 Å². The molecule has 3 heteroatoms. The third-order valence-electron chi connectivity index (χ3n) is 10.9. The van der Waals surface area contributed by atoms with E-state index in [9.17, 15) is 4.11 Å². The predicted molar refractivity (Wildman–Crippen MR) is 240 cm³/mol. The Hall–Kier alpha value is -7.62. The number of para-hydroxylation sites is 4. The Balaban J connectivity index is 1.19. The van der Waals surface area contributed by atoms with Gasteiger partial charge in [-0.3, -0.25) is 0 Å². The van der Waals surface area contributed by atoms with E-state index >= 15 is 0 Å². The van der Waals surface area contributed by atoms with Crippen molar-refractivity contribution in [3.05, 3.63) is 212 Å². The molecule has 0 aliphatic heterocycles. The summed E-state index contributed by atoms with van der Waals surface area (Å²) in [6.45, 7) is 0. The summed E-state index contributed by atoms with van der Waals surface area (Å²) in [4.78, 5) is 0. The summed E-state index contributed by atoms with van der Waals surface area (Å²) in [5.74, 6) is 0. The zero-order chi connectivity index (χ0) is 48.8. The highest BCUT2D eigenvalue weighted by Crippen LogP contribution is 2.42. The van der Waals surface area contributed by atoms with Crippen LogP contribution in [0.4, 0.5) is 0 Å². The van der Waals surface area contributed by atoms with Gasteiger partial charge in [-0.1, -0.05) is 139 Å². The van der Waals surface area contributed by atoms with Gasteiger partial charge in [0, 0.05) is 43.7 Å². The lowest BCUT2D eigenvalue weighted by atomic mass is 9.98. The van der Waals surface area contributed by atoms with Crippen LogP contribution in [0.5, 0.6) is 0 Å². The number of rotatable bonds is 5. The summed E-state index contributed by atoms with van der Waals surface area (Å²) in [5, 5.41) is 5.72. The lowest BCUT2D eigenvalue weighted by Gasteiger charge is -2.15. The third kappa shape index (κ3) is 4.79. The van der Waals surface area contributed by atoms with Gasteiger partial charge in [-0.05, 0) is 95.0 Å². The van der Waals surface area contributed by atoms with Crippen LogP contribution in [-0.2, 0) is 0 Å². The second-order valence-electron chi connectivity index (χ2n) is 13.9. The molecule has 12 aromatic rings. The number of fused-ring (bicyclic) bond motifs is 9. The SMILES string of the molecule is [2H]c1c([2H])c([2H])c(-c2c([2H])c(-c3c([2H])c([2H])c([2H])c([2H])c3[2H])c([2H])c(-n3c4ccccc4c4c(-n5c6ccccc6c6cc(-n7c8ccccc8c8ccccc87)ccc65)cccc43)c2[2H])c([2H])c1[2H]. The molecular formula is C54H35N3. The Morgan fingerprint density at radius 2 is 0.772 bits per heavy atom. The zero-order valence-corrected chi connectivity index (χ0v) is 30.0. The van der Waals surface area contributed by atoms with E-state index in [1.54, 1.807) is 10.6 Å². The molecule has 266 valence electrons. The molecule has 57 heavy (non-hydrogen) atoms. The van der Waals surface area contributed by atoms with Gasteiger partial charge in [0.1, 0.15) is 0 Å². The average Bonchev–Trinajstić information content (AvgIpc) is 4.01. The van der Waals surface area contributed by atoms with Crippen LogP contribution in [0.3, 0.4) is 0 Å². The van der Waals surface area contributed by atoms with E-state index in [1.807, 2.05) is 72.8 Å². The van der Waals surface area contributed by atoms with Crippen LogP contribution >= 0.6 is 0 Å². The largest absolute Gasteiger partial charge is 0.309 e. The number of benzene rings is 9. The quantitative estimate of drug-likeness (QED) is 0.167. The van der Waals surface area contributed by atoms with Crippen molar-refractivity contribution in [2.45, 2.75) is 0 Å². The third-order valence-corrected chi connectivity index (χ3v) is 10.9. The monoisotopic (exact) mass is 738 g/mol. The Morgan fingerprint density at radius 1 is 0.316 bits per heavy atom. The summed E-state index contributed by atoms with van der Waals surface area (Å²) >= 11 is 0. The molecule has 0 saturated heterocycles. The Kier molecular flexibility index (Phi) is 4.69. The minimum absolute atomic E-state index is 0.194. The fourth-order valence-electron chi connectivity index (χ4n) is 8.56. The van der Waals surface area contributed by atoms with Crippen molar-refractivity contribution < 1.29 is 17.8 Å². The Bertz CT molecular complexity index is 4090. The zero-order valence-electron chi connectivity index (χ0n) is 43.0. The first-order valence-corrected chi connectivity index (χ1v) is 18.6. The molecule has 0 saturated carbocycles. The lowest BCUT2D eigenvalue weighted by molar-refractivity contribution is 1.16. The van der Waals surface area contributed by atoms with Crippen molar-refractivity contribution in [3.63, 3.8) is 0 Å². The summed E-state index contributed by atoms with van der Waals surface area (Å²) in [6, 6.07) is 35.5. The maximum atomic E-state index is 9.95. The molecule has 0 atom stereocenters. The van der Waals surface area contributed by atoms with Crippen LogP contribution in [-0.4, -0.2) is 13.7 Å². The van der Waals surface area contributed by atoms with E-state index in [-0.39, 0.29) is 5.69 Å². The van der Waals surface area contributed by atoms with Gasteiger partial charge >= 0.3 is 0 Å². The fraction of sp³-hybridized carbons (Fsp3) is 0. The van der Waals surface area contributed by atoms with E-state index in [0.29, 0.717) is 16.4 Å². The molecule has 3 aromatic heterocycles. The van der Waals surface area contributed by atoms with Crippen molar-refractivity contribution in [3.8, 4) is 39.3 Å². The van der Waals surface area contributed by atoms with E-state index < -0.39 is 101 Å². The smallest absolute Gasteiger partial charge is 0.0651 e. The molecule has 0 bridgehead atoms. The van der Waals surface area contributed by atoms with Gasteiger partial charge in [-0.25, -0.2) is 0 Å². The molecule has 0 N–H and O–H groups in total. The molecule has 3 heterocycles. The maximum absolute atomic E-state index is 9.95. The first-order chi connectivity index (χ1) is 33.7. The van der Waals surface area contributed by atoms with Crippen molar-refractivity contribution in [2.75, 3.05) is 0 Å². The van der Waals surface area contributed by atoms with Gasteiger partial charge < -0.3 is 13.7 Å². The first kappa shape index (κ1) is 21.5. The average molecular weight is 739 g/mol. The predicted octanol–water partition coefficient (Wildman–Crippen LogP) is 14.3. The number of aromatic nitrogens is 3. The lowest BCUT2D eigenvalue weighted by Crippen LogP contribution is -1.98. The normalized spacial score (nSPS) is 15.1. The summed E-state index contributed by atoms with van der Waals surface area (Å²) < 4.78 is 122. The molecule has 0 radical (unpaired) electrons. The van der Waals surface area contributed by atoms with Gasteiger partial charge in [0.05, 0.1) is 56.6 Å². The fourth-order valence-corrected chi connectivity index (χ4v) is 8.56. The maximum Gasteiger partial charge on any atom is 0.0651 e. The molecule has 0 unspecified atom stereocenters. The molecule has 12 rings (SSSR count). The highest BCUT2D eigenvalue weighted by Gasteiger charge is 2.21. The number of hydrogen-bond acceptors (Lipinski definition) is 0. The molecule has 0 aliphatic rings. The van der Waals surface area contributed by atoms with Crippen LogP contribution < -0.4 is 0 Å². The van der Waals surface area contributed by atoms with E-state index in [4.69, 9.17) is 13.7 Å². The summed E-state index contributed by atoms with van der Waals surface area (Å²) in [5.41, 5.74) is 4.62. The Morgan fingerprint density at radius 3 is 1.37 bits per heavy atom. The molecule has 0 amide bonds. The summed E-state index contributed by atoms with van der Waals surface area (Å²) in [7, 11) is 0. The van der Waals surface area contributed by atoms with Crippen molar-refractivity contribution in [2.24, 2.45) is 0 Å². The van der Waals surface area contributed by atoms with Gasteiger partial charge in [-0.2, -0.15) is 0 Å². The molecule has 9 aromatic carbocycles. The van der Waals surface area contributed by atoms with Gasteiger partial charge in [0.2, 0.25) is 0 Å². The van der Waals surface area contributed by atoms with Crippen molar-refractivity contribution in [1.82, 2.24) is 13.7 Å². The molecule has 0 spiro atoms. The van der Waals surface area contributed by atoms with Crippen molar-refractivity contribution in [1.29, 1.82) is 0 Å². The van der Waals surface area contributed by atoms with Crippen LogP contribution in [0, 0.1) is 0 Å². The molecular weight excluding hydrogens is 691 g/mol. The van der Waals surface area contributed by atoms with E-state index in [1.165, 1.54) is 0 Å². The van der Waals surface area contributed by atoms with Crippen LogP contribution in [0.15, 0.2) is 212 Å². The second kappa shape index (κ2) is 12.5. The highest BCUT2D eigenvalue weighted by molar-refractivity contribution is 6.17. The van der Waals surface area contributed by atoms with Gasteiger partial charge in [0.15, 0.2) is 0 Å². The topological polar surface area (TPSA) is 14.8 Å². The second-order valence-corrected chi connectivity index (χ2v) is 13.9. The van der Waals surface area contributed by atoms with Gasteiger partial charge in [-0.15, -0.1) is 0 Å². The van der Waals surface area contributed by atoms with Gasteiger partial charge in [0.25, 0.3) is 0 Å². The number of hydrogen-bond donors (Lipinski definition) is 0. The minimum atomic E-state index is -0.717. The molecule has 0 fully saturated rings. The highest BCUT2D eigenvalue weighted by atomic mass is 15.0. The number of nitrogens with zero attached hydrogens (tertiary/aromatic N) is 3. The van der Waals surface area contributed by atoms with Crippen LogP contribution in [0.2, 0.25) is 0 Å². The standard InChI is InChI=1S/C54H35N3/c1-3-16-36(17-4-1)38-32-39(37-18-5-2-6-19-37)34-41(33-38)56-50-27-14-10-23-45(50)54-52(56)28-15-29-53(54)57-49-26-13-9-22-44(49)46-35-40(30-31-51(46)57)55-47-24-11-7-20-42(47)43-21-8-12-25-48(43)55/h1-35H/i1D,2D,3D,4D,5D,6D,16D,17D,18D,19D,32D,33D,34D. The first-order valence-electron chi connectivity index (χ1n) is 25.1.